The topological polar surface area (TPSA) is 27.6 Å². The van der Waals surface area contributed by atoms with Crippen LogP contribution in [0.25, 0.3) is 0 Å². The molecule has 2 aliphatic rings. The number of rotatable bonds is 0. The van der Waals surface area contributed by atoms with Gasteiger partial charge in [-0.05, 0) is 29.8 Å². The maximum Gasteiger partial charge on any atom is 0.153 e. The van der Waals surface area contributed by atoms with Gasteiger partial charge >= 0.3 is 0 Å². The van der Waals surface area contributed by atoms with Gasteiger partial charge < -0.3 is 10.2 Å². The molecule has 0 bridgehead atoms. The summed E-state index contributed by atoms with van der Waals surface area (Å²) in [4.78, 5) is 6.48. The van der Waals surface area contributed by atoms with Crippen LogP contribution in [0.2, 0.25) is 0 Å². The fourth-order valence-corrected chi connectivity index (χ4v) is 2.01. The lowest BCUT2D eigenvalue weighted by Crippen LogP contribution is -2.40. The zero-order valence-electron chi connectivity index (χ0n) is 7.00. The molecule has 1 unspecified atom stereocenters. The van der Waals surface area contributed by atoms with Crippen molar-refractivity contribution in [1.82, 2.24) is 10.2 Å². The van der Waals surface area contributed by atoms with Gasteiger partial charge in [-0.2, -0.15) is 0 Å². The molecule has 1 N–H and O–H groups in total. The number of hydrogen-bond acceptors (Lipinski definition) is 3. The molecule has 3 nitrogen and oxygen atoms in total. The molecule has 2 aliphatic heterocycles. The fraction of sp³-hybridized carbons (Fsp3) is 0.375. The first-order chi connectivity index (χ1) is 5.68. The average Bonchev–Trinajstić information content (AvgIpc) is 2.33. The third kappa shape index (κ3) is 1.06. The van der Waals surface area contributed by atoms with E-state index in [2.05, 4.69) is 38.1 Å². The van der Waals surface area contributed by atoms with E-state index < -0.39 is 0 Å². The third-order valence-corrected chi connectivity index (χ3v) is 2.58. The fourth-order valence-electron chi connectivity index (χ4n) is 1.38. The molecule has 0 aliphatic carbocycles. The van der Waals surface area contributed by atoms with Crippen LogP contribution >= 0.6 is 15.9 Å². The molecule has 0 aromatic heterocycles. The standard InChI is InChI=1S/C8H10BrN3/c1-5-4-12-6(2)3-10-8(12)7(9)11-5/h3-4,8,10H,1-2H3. The number of hydrogen-bond donors (Lipinski definition) is 1. The highest BCUT2D eigenvalue weighted by atomic mass is 79.9. The molecule has 0 amide bonds. The maximum absolute atomic E-state index is 4.32. The van der Waals surface area contributed by atoms with Crippen molar-refractivity contribution >= 4 is 20.6 Å². The van der Waals surface area contributed by atoms with E-state index in [9.17, 15) is 0 Å². The lowest BCUT2D eigenvalue weighted by molar-refractivity contribution is 0.421. The highest BCUT2D eigenvalue weighted by Gasteiger charge is 2.27. The first-order valence-corrected chi connectivity index (χ1v) is 4.61. The van der Waals surface area contributed by atoms with Gasteiger partial charge in [0, 0.05) is 18.1 Å². The molecule has 0 saturated heterocycles. The van der Waals surface area contributed by atoms with E-state index in [4.69, 9.17) is 0 Å². The van der Waals surface area contributed by atoms with Crippen LogP contribution < -0.4 is 5.32 Å². The Kier molecular flexibility index (Phi) is 1.72. The number of nitrogens with one attached hydrogen (secondary N) is 1. The minimum Gasteiger partial charge on any atom is -0.364 e. The normalized spacial score (nSPS) is 27.1. The Morgan fingerprint density at radius 3 is 3.08 bits per heavy atom. The van der Waals surface area contributed by atoms with Crippen molar-refractivity contribution < 1.29 is 0 Å². The maximum atomic E-state index is 4.32. The smallest absolute Gasteiger partial charge is 0.153 e. The summed E-state index contributed by atoms with van der Waals surface area (Å²) in [6.45, 7) is 4.06. The summed E-state index contributed by atoms with van der Waals surface area (Å²) in [5, 5.41) is 3.22. The van der Waals surface area contributed by atoms with E-state index in [-0.39, 0.29) is 6.17 Å². The van der Waals surface area contributed by atoms with E-state index in [1.807, 2.05) is 19.3 Å². The van der Waals surface area contributed by atoms with Crippen molar-refractivity contribution in [3.8, 4) is 0 Å². The van der Waals surface area contributed by atoms with Gasteiger partial charge in [0.25, 0.3) is 0 Å². The molecule has 1 atom stereocenters. The molecule has 2 rings (SSSR count). The second kappa shape index (κ2) is 2.62. The lowest BCUT2D eigenvalue weighted by atomic mass is 10.3. The molecular weight excluding hydrogens is 218 g/mol. The summed E-state index contributed by atoms with van der Waals surface area (Å²) in [5.41, 5.74) is 2.24. The molecule has 12 heavy (non-hydrogen) atoms. The molecule has 0 radical (unpaired) electrons. The SMILES string of the molecule is CC1=CN2C(C)=CNC2C(Br)=N1. The lowest BCUT2D eigenvalue weighted by Gasteiger charge is -2.27. The highest BCUT2D eigenvalue weighted by molar-refractivity contribution is 9.18. The molecule has 0 spiro atoms. The summed E-state index contributed by atoms with van der Waals surface area (Å²) >= 11 is 3.43. The van der Waals surface area contributed by atoms with Crippen molar-refractivity contribution in [1.29, 1.82) is 0 Å². The Morgan fingerprint density at radius 2 is 2.33 bits per heavy atom. The predicted molar refractivity (Wildman–Crippen MR) is 52.6 cm³/mol. The third-order valence-electron chi connectivity index (χ3n) is 1.97. The molecule has 0 fully saturated rings. The second-order valence-electron chi connectivity index (χ2n) is 2.97. The molecular formula is C8H10BrN3. The Hall–Kier alpha value is -0.770. The van der Waals surface area contributed by atoms with Crippen LogP contribution in [0.3, 0.4) is 0 Å². The summed E-state index contributed by atoms with van der Waals surface area (Å²) in [5.74, 6) is 0. The van der Waals surface area contributed by atoms with Crippen LogP contribution in [0.1, 0.15) is 13.8 Å². The van der Waals surface area contributed by atoms with Crippen LogP contribution in [0.5, 0.6) is 0 Å². The minimum atomic E-state index is 0.175. The van der Waals surface area contributed by atoms with Gasteiger partial charge in [0.1, 0.15) is 4.62 Å². The van der Waals surface area contributed by atoms with Crippen LogP contribution in [-0.4, -0.2) is 15.7 Å². The van der Waals surface area contributed by atoms with E-state index in [1.54, 1.807) is 0 Å². The van der Waals surface area contributed by atoms with E-state index >= 15 is 0 Å². The number of allylic oxidation sites excluding steroid dienone is 2. The number of nitrogens with zero attached hydrogens (tertiary/aromatic N) is 2. The highest BCUT2D eigenvalue weighted by Crippen LogP contribution is 2.23. The largest absolute Gasteiger partial charge is 0.364 e. The zero-order valence-corrected chi connectivity index (χ0v) is 8.59. The molecule has 4 heteroatoms. The van der Waals surface area contributed by atoms with Crippen LogP contribution in [0, 0.1) is 0 Å². The summed E-state index contributed by atoms with van der Waals surface area (Å²) in [6.07, 6.45) is 4.21. The Balaban J connectivity index is 2.35. The predicted octanol–water partition coefficient (Wildman–Crippen LogP) is 1.75. The van der Waals surface area contributed by atoms with Gasteiger partial charge in [-0.15, -0.1) is 0 Å². The summed E-state index contributed by atoms with van der Waals surface area (Å²) in [7, 11) is 0. The molecule has 0 saturated carbocycles. The van der Waals surface area contributed by atoms with Crippen LogP contribution in [0.15, 0.2) is 28.8 Å². The number of halogens is 1. The van der Waals surface area contributed by atoms with Gasteiger partial charge in [-0.1, -0.05) is 0 Å². The van der Waals surface area contributed by atoms with E-state index in [0.29, 0.717) is 0 Å². The molecule has 0 aromatic carbocycles. The van der Waals surface area contributed by atoms with Crippen molar-refractivity contribution in [2.75, 3.05) is 0 Å². The van der Waals surface area contributed by atoms with Crippen LogP contribution in [-0.2, 0) is 0 Å². The number of fused-ring (bicyclic) bond motifs is 1. The van der Waals surface area contributed by atoms with Crippen molar-refractivity contribution in [3.05, 3.63) is 23.8 Å². The van der Waals surface area contributed by atoms with Gasteiger partial charge in [0.2, 0.25) is 0 Å². The summed E-state index contributed by atoms with van der Waals surface area (Å²) < 4.78 is 0.940. The average molecular weight is 228 g/mol. The van der Waals surface area contributed by atoms with Crippen molar-refractivity contribution in [2.45, 2.75) is 20.0 Å². The quantitative estimate of drug-likeness (QED) is 0.683. The van der Waals surface area contributed by atoms with Crippen molar-refractivity contribution in [2.24, 2.45) is 4.99 Å². The second-order valence-corrected chi connectivity index (χ2v) is 3.78. The first-order valence-electron chi connectivity index (χ1n) is 3.82. The molecule has 0 aromatic rings. The van der Waals surface area contributed by atoms with Gasteiger partial charge in [-0.3, -0.25) is 0 Å². The molecule has 64 valence electrons. The Bertz CT molecular complexity index is 303. The Morgan fingerprint density at radius 1 is 1.58 bits per heavy atom. The summed E-state index contributed by atoms with van der Waals surface area (Å²) in [6, 6.07) is 0. The number of aliphatic imine (C=N–C) groups is 1. The Labute approximate surface area is 80.0 Å². The van der Waals surface area contributed by atoms with Gasteiger partial charge in [0.15, 0.2) is 6.17 Å². The van der Waals surface area contributed by atoms with Gasteiger partial charge in [0.05, 0.1) is 5.70 Å². The zero-order chi connectivity index (χ0) is 8.72. The van der Waals surface area contributed by atoms with Crippen molar-refractivity contribution in [3.63, 3.8) is 0 Å². The minimum absolute atomic E-state index is 0.175. The molecule has 2 heterocycles. The monoisotopic (exact) mass is 227 g/mol. The first kappa shape index (κ1) is 7.86. The van der Waals surface area contributed by atoms with Gasteiger partial charge in [-0.25, -0.2) is 4.99 Å². The van der Waals surface area contributed by atoms with Crippen LogP contribution in [0.4, 0.5) is 0 Å². The van der Waals surface area contributed by atoms with E-state index in [0.717, 1.165) is 10.3 Å². The van der Waals surface area contributed by atoms with E-state index in [1.165, 1.54) is 5.70 Å².